The van der Waals surface area contributed by atoms with E-state index in [0.717, 1.165) is 29.7 Å². The lowest BCUT2D eigenvalue weighted by Gasteiger charge is -2.13. The fraction of sp³-hybridized carbons (Fsp3) is 0.316. The van der Waals surface area contributed by atoms with Crippen LogP contribution < -0.4 is 0 Å². The van der Waals surface area contributed by atoms with Crippen molar-refractivity contribution in [2.24, 2.45) is 5.92 Å². The van der Waals surface area contributed by atoms with Crippen molar-refractivity contribution >= 4 is 23.1 Å². The summed E-state index contributed by atoms with van der Waals surface area (Å²) in [6.45, 7) is 6.76. The Morgan fingerprint density at radius 1 is 1.32 bits per heavy atom. The molecule has 1 aliphatic carbocycles. The van der Waals surface area contributed by atoms with E-state index in [4.69, 9.17) is 16.3 Å². The van der Waals surface area contributed by atoms with Crippen LogP contribution in [0.5, 0.6) is 0 Å². The largest absolute Gasteiger partial charge is 0.492 e. The van der Waals surface area contributed by atoms with Crippen LogP contribution in [-0.4, -0.2) is 12.4 Å². The molecule has 22 heavy (non-hydrogen) atoms. The van der Waals surface area contributed by atoms with E-state index in [0.29, 0.717) is 18.1 Å². The SMILES string of the molecule is C=C(C)[C@H]1COC(c2ccc(Cl)cc2)=C1CC1=CC(=O)CC1. The highest BCUT2D eigenvalue weighted by Gasteiger charge is 2.30. The topological polar surface area (TPSA) is 26.3 Å². The second kappa shape index (κ2) is 6.13. The van der Waals surface area contributed by atoms with Gasteiger partial charge in [-0.3, -0.25) is 4.79 Å². The van der Waals surface area contributed by atoms with Gasteiger partial charge in [-0.2, -0.15) is 0 Å². The lowest BCUT2D eigenvalue weighted by atomic mass is 9.88. The quantitative estimate of drug-likeness (QED) is 0.735. The Hall–Kier alpha value is -1.80. The van der Waals surface area contributed by atoms with Crippen molar-refractivity contribution < 1.29 is 9.53 Å². The zero-order valence-corrected chi connectivity index (χ0v) is 13.5. The molecular formula is C19H19ClO2. The predicted molar refractivity (Wildman–Crippen MR) is 89.6 cm³/mol. The summed E-state index contributed by atoms with van der Waals surface area (Å²) in [7, 11) is 0. The van der Waals surface area contributed by atoms with Crippen LogP contribution in [0.15, 0.2) is 53.6 Å². The summed E-state index contributed by atoms with van der Waals surface area (Å²) < 4.78 is 5.97. The molecule has 0 aromatic heterocycles. The van der Waals surface area contributed by atoms with Crippen LogP contribution in [0.2, 0.25) is 5.02 Å². The van der Waals surface area contributed by atoms with Gasteiger partial charge in [0.25, 0.3) is 0 Å². The number of allylic oxidation sites excluding steroid dienone is 2. The van der Waals surface area contributed by atoms with Gasteiger partial charge in [0.1, 0.15) is 5.76 Å². The second-order valence-corrected chi connectivity index (χ2v) is 6.45. The summed E-state index contributed by atoms with van der Waals surface area (Å²) >= 11 is 5.97. The van der Waals surface area contributed by atoms with Crippen molar-refractivity contribution in [2.45, 2.75) is 26.2 Å². The van der Waals surface area contributed by atoms with Crippen LogP contribution in [0.1, 0.15) is 31.7 Å². The molecule has 3 rings (SSSR count). The number of ether oxygens (including phenoxy) is 1. The molecule has 0 amide bonds. The first-order valence-corrected chi connectivity index (χ1v) is 7.92. The van der Waals surface area contributed by atoms with Gasteiger partial charge in [0.05, 0.1) is 6.61 Å². The second-order valence-electron chi connectivity index (χ2n) is 6.02. The number of hydrogen-bond donors (Lipinski definition) is 0. The number of carbonyl (C=O) groups excluding carboxylic acids is 1. The highest BCUT2D eigenvalue weighted by Crippen LogP contribution is 2.40. The Morgan fingerprint density at radius 3 is 2.64 bits per heavy atom. The van der Waals surface area contributed by atoms with Crippen LogP contribution in [0.4, 0.5) is 0 Å². The molecule has 1 aromatic carbocycles. The van der Waals surface area contributed by atoms with E-state index in [9.17, 15) is 4.79 Å². The Kier molecular flexibility index (Phi) is 4.21. The number of benzene rings is 1. The van der Waals surface area contributed by atoms with E-state index < -0.39 is 0 Å². The molecule has 2 nitrogen and oxygen atoms in total. The van der Waals surface area contributed by atoms with Crippen molar-refractivity contribution in [1.29, 1.82) is 0 Å². The highest BCUT2D eigenvalue weighted by atomic mass is 35.5. The Labute approximate surface area is 136 Å². The van der Waals surface area contributed by atoms with E-state index in [-0.39, 0.29) is 11.7 Å². The maximum absolute atomic E-state index is 11.5. The first kappa shape index (κ1) is 15.1. The normalized spacial score (nSPS) is 21.1. The van der Waals surface area contributed by atoms with Gasteiger partial charge in [-0.1, -0.05) is 29.3 Å². The smallest absolute Gasteiger partial charge is 0.155 e. The molecule has 2 aliphatic rings. The molecule has 0 N–H and O–H groups in total. The van der Waals surface area contributed by atoms with Gasteiger partial charge in [0.15, 0.2) is 5.78 Å². The van der Waals surface area contributed by atoms with Crippen LogP contribution in [0, 0.1) is 5.92 Å². The molecule has 0 spiro atoms. The van der Waals surface area contributed by atoms with E-state index >= 15 is 0 Å². The third kappa shape index (κ3) is 3.02. The summed E-state index contributed by atoms with van der Waals surface area (Å²) in [5, 5.41) is 0.712. The summed E-state index contributed by atoms with van der Waals surface area (Å²) in [6.07, 6.45) is 4.08. The molecule has 1 atom stereocenters. The van der Waals surface area contributed by atoms with Crippen LogP contribution in [-0.2, 0) is 9.53 Å². The molecule has 0 saturated carbocycles. The van der Waals surface area contributed by atoms with E-state index in [1.165, 1.54) is 11.1 Å². The van der Waals surface area contributed by atoms with Crippen LogP contribution in [0.3, 0.4) is 0 Å². The fourth-order valence-corrected chi connectivity index (χ4v) is 3.20. The lowest BCUT2D eigenvalue weighted by molar-refractivity contribution is -0.114. The van der Waals surface area contributed by atoms with Crippen molar-refractivity contribution in [3.8, 4) is 0 Å². The molecule has 1 heterocycles. The van der Waals surface area contributed by atoms with Gasteiger partial charge in [0, 0.05) is 22.9 Å². The van der Waals surface area contributed by atoms with Crippen LogP contribution >= 0.6 is 11.6 Å². The maximum Gasteiger partial charge on any atom is 0.155 e. The first-order chi connectivity index (χ1) is 10.5. The average molecular weight is 315 g/mol. The number of halogens is 1. The molecule has 0 bridgehead atoms. The molecule has 1 aromatic rings. The number of rotatable bonds is 4. The molecule has 0 radical (unpaired) electrons. The molecule has 114 valence electrons. The van der Waals surface area contributed by atoms with E-state index in [2.05, 4.69) is 6.58 Å². The number of ketones is 1. The number of hydrogen-bond acceptors (Lipinski definition) is 2. The van der Waals surface area contributed by atoms with E-state index in [1.54, 1.807) is 6.08 Å². The third-order valence-corrected chi connectivity index (χ3v) is 4.54. The first-order valence-electron chi connectivity index (χ1n) is 7.54. The summed E-state index contributed by atoms with van der Waals surface area (Å²) in [4.78, 5) is 11.5. The Balaban J connectivity index is 1.97. The minimum Gasteiger partial charge on any atom is -0.492 e. The summed E-state index contributed by atoms with van der Waals surface area (Å²) in [5.74, 6) is 1.38. The van der Waals surface area contributed by atoms with Crippen molar-refractivity contribution in [1.82, 2.24) is 0 Å². The maximum atomic E-state index is 11.5. The number of carbonyl (C=O) groups is 1. The standard InChI is InChI=1S/C19H19ClO2/c1-12(2)18-11-22-19(14-4-6-15(20)7-5-14)17(18)10-13-3-8-16(21)9-13/h4-7,9,18H,1,3,8,10-11H2,2H3/t18-/m1/s1. The van der Waals surface area contributed by atoms with Gasteiger partial charge < -0.3 is 4.74 Å². The summed E-state index contributed by atoms with van der Waals surface area (Å²) in [5.41, 5.74) is 4.57. The highest BCUT2D eigenvalue weighted by molar-refractivity contribution is 6.30. The van der Waals surface area contributed by atoms with Gasteiger partial charge in [-0.15, -0.1) is 0 Å². The molecule has 0 unspecified atom stereocenters. The van der Waals surface area contributed by atoms with Crippen molar-refractivity contribution in [3.05, 3.63) is 64.2 Å². The minimum absolute atomic E-state index is 0.224. The molecule has 0 fully saturated rings. The monoisotopic (exact) mass is 314 g/mol. The van der Waals surface area contributed by atoms with Crippen molar-refractivity contribution in [3.63, 3.8) is 0 Å². The molecule has 1 aliphatic heterocycles. The van der Waals surface area contributed by atoms with Gasteiger partial charge in [0.2, 0.25) is 0 Å². The lowest BCUT2D eigenvalue weighted by Crippen LogP contribution is -2.05. The minimum atomic E-state index is 0.224. The van der Waals surface area contributed by atoms with E-state index in [1.807, 2.05) is 31.2 Å². The fourth-order valence-electron chi connectivity index (χ4n) is 3.07. The Bertz CT molecular complexity index is 680. The van der Waals surface area contributed by atoms with Crippen LogP contribution in [0.25, 0.3) is 5.76 Å². The van der Waals surface area contributed by atoms with Gasteiger partial charge >= 0.3 is 0 Å². The molecular weight excluding hydrogens is 296 g/mol. The predicted octanol–water partition coefficient (Wildman–Crippen LogP) is 4.95. The van der Waals surface area contributed by atoms with Gasteiger partial charge in [-0.05, 0) is 55.7 Å². The Morgan fingerprint density at radius 2 is 2.05 bits per heavy atom. The molecule has 0 saturated heterocycles. The third-order valence-electron chi connectivity index (χ3n) is 4.28. The zero-order valence-electron chi connectivity index (χ0n) is 12.7. The van der Waals surface area contributed by atoms with Crippen molar-refractivity contribution in [2.75, 3.05) is 6.61 Å². The average Bonchev–Trinajstić information content (AvgIpc) is 3.07. The zero-order chi connectivity index (χ0) is 15.7. The van der Waals surface area contributed by atoms with Gasteiger partial charge in [-0.25, -0.2) is 0 Å². The molecule has 3 heteroatoms. The summed E-state index contributed by atoms with van der Waals surface area (Å²) in [6, 6.07) is 7.70.